The largest absolute Gasteiger partial charge is 0.465 e. The molecule has 0 aliphatic carbocycles. The summed E-state index contributed by atoms with van der Waals surface area (Å²) < 4.78 is 12.8. The highest BCUT2D eigenvalue weighted by atomic mass is 32.2. The molecular weight excluding hydrogens is 396 g/mol. The number of thioether (sulfide) groups is 1. The molecule has 0 bridgehead atoms. The number of nitrogens with zero attached hydrogens (tertiary/aromatic N) is 4. The van der Waals surface area contributed by atoms with Gasteiger partial charge in [0, 0.05) is 23.5 Å². The molecule has 7 nitrogen and oxygen atoms in total. The summed E-state index contributed by atoms with van der Waals surface area (Å²) in [5, 5.41) is 9.68. The number of carbonyl (C=O) groups is 1. The van der Waals surface area contributed by atoms with E-state index in [1.165, 1.54) is 23.1 Å². The van der Waals surface area contributed by atoms with Gasteiger partial charge in [0.15, 0.2) is 0 Å². The van der Waals surface area contributed by atoms with Crippen molar-refractivity contribution in [3.63, 3.8) is 0 Å². The second kappa shape index (κ2) is 7.76. The van der Waals surface area contributed by atoms with Gasteiger partial charge in [-0.05, 0) is 44.5 Å². The van der Waals surface area contributed by atoms with Crippen LogP contribution in [0.2, 0.25) is 0 Å². The van der Waals surface area contributed by atoms with Crippen LogP contribution in [0.3, 0.4) is 0 Å². The first-order valence-electron chi connectivity index (χ1n) is 8.73. The zero-order chi connectivity index (χ0) is 19.7. The van der Waals surface area contributed by atoms with E-state index in [4.69, 9.17) is 9.15 Å². The van der Waals surface area contributed by atoms with Crippen molar-refractivity contribution in [3.8, 4) is 16.5 Å². The standard InChI is InChI=1S/C19H18N4O3S2/c1-4-25-13(24)10-27-19-22-21-17(26-19)16-15(23-7-5-6-8-23)14-11(2)9-12(3)20-18(14)28-16/h5-9H,4,10H2,1-3H3. The highest BCUT2D eigenvalue weighted by Gasteiger charge is 2.22. The minimum absolute atomic E-state index is 0.131. The number of thiophene rings is 1. The molecule has 0 aliphatic heterocycles. The van der Waals surface area contributed by atoms with Crippen LogP contribution in [0, 0.1) is 13.8 Å². The van der Waals surface area contributed by atoms with Gasteiger partial charge in [-0.25, -0.2) is 4.98 Å². The summed E-state index contributed by atoms with van der Waals surface area (Å²) in [5.74, 6) is 0.235. The van der Waals surface area contributed by atoms with Crippen LogP contribution in [-0.4, -0.2) is 38.1 Å². The lowest BCUT2D eigenvalue weighted by molar-refractivity contribution is -0.139. The number of rotatable bonds is 6. The number of aryl methyl sites for hydroxylation is 2. The number of hydrogen-bond acceptors (Lipinski definition) is 8. The minimum atomic E-state index is -0.308. The summed E-state index contributed by atoms with van der Waals surface area (Å²) in [7, 11) is 0. The van der Waals surface area contributed by atoms with Crippen LogP contribution >= 0.6 is 23.1 Å². The van der Waals surface area contributed by atoms with Crippen LogP contribution in [0.15, 0.2) is 40.2 Å². The average Bonchev–Trinajstić information content (AvgIpc) is 3.38. The minimum Gasteiger partial charge on any atom is -0.465 e. The molecule has 0 unspecified atom stereocenters. The van der Waals surface area contributed by atoms with Gasteiger partial charge in [0.05, 0.1) is 12.3 Å². The third-order valence-electron chi connectivity index (χ3n) is 4.04. The first-order valence-corrected chi connectivity index (χ1v) is 10.5. The van der Waals surface area contributed by atoms with Crippen molar-refractivity contribution in [3.05, 3.63) is 41.9 Å². The van der Waals surface area contributed by atoms with Crippen molar-refractivity contribution in [1.29, 1.82) is 0 Å². The molecule has 28 heavy (non-hydrogen) atoms. The third-order valence-corrected chi connectivity index (χ3v) is 5.90. The van der Waals surface area contributed by atoms with Gasteiger partial charge in [0.1, 0.15) is 15.5 Å². The number of esters is 1. The van der Waals surface area contributed by atoms with E-state index in [-0.39, 0.29) is 11.7 Å². The molecule has 0 aliphatic rings. The highest BCUT2D eigenvalue weighted by molar-refractivity contribution is 7.99. The molecule has 0 radical (unpaired) electrons. The van der Waals surface area contributed by atoms with Gasteiger partial charge in [-0.2, -0.15) is 0 Å². The number of hydrogen-bond donors (Lipinski definition) is 0. The number of carbonyl (C=O) groups excluding carboxylic acids is 1. The third kappa shape index (κ3) is 3.55. The van der Waals surface area contributed by atoms with Crippen LogP contribution in [0.25, 0.3) is 26.7 Å². The van der Waals surface area contributed by atoms with Gasteiger partial charge in [0.25, 0.3) is 11.1 Å². The summed E-state index contributed by atoms with van der Waals surface area (Å²) in [6.07, 6.45) is 3.97. The normalized spacial score (nSPS) is 11.2. The van der Waals surface area contributed by atoms with Gasteiger partial charge in [-0.3, -0.25) is 4.79 Å². The lowest BCUT2D eigenvalue weighted by atomic mass is 10.1. The van der Waals surface area contributed by atoms with Crippen molar-refractivity contribution >= 4 is 39.3 Å². The van der Waals surface area contributed by atoms with Gasteiger partial charge < -0.3 is 13.7 Å². The molecule has 0 saturated heterocycles. The van der Waals surface area contributed by atoms with Gasteiger partial charge >= 0.3 is 5.97 Å². The Morgan fingerprint density at radius 3 is 2.82 bits per heavy atom. The van der Waals surface area contributed by atoms with E-state index in [1.807, 2.05) is 36.0 Å². The summed E-state index contributed by atoms with van der Waals surface area (Å²) >= 11 is 2.69. The molecule has 4 heterocycles. The van der Waals surface area contributed by atoms with Gasteiger partial charge in [-0.1, -0.05) is 11.8 Å². The maximum absolute atomic E-state index is 11.5. The predicted molar refractivity (Wildman–Crippen MR) is 109 cm³/mol. The van der Waals surface area contributed by atoms with Crippen LogP contribution in [-0.2, 0) is 9.53 Å². The summed E-state index contributed by atoms with van der Waals surface area (Å²) in [4.78, 5) is 18.0. The molecular formula is C19H18N4O3S2. The SMILES string of the molecule is CCOC(=O)CSc1nnc(-c2sc3nc(C)cc(C)c3c2-n2cccc2)o1. The maximum Gasteiger partial charge on any atom is 0.316 e. The first kappa shape index (κ1) is 18.7. The van der Waals surface area contributed by atoms with Crippen molar-refractivity contribution in [1.82, 2.24) is 19.7 Å². The van der Waals surface area contributed by atoms with E-state index in [0.717, 1.165) is 32.0 Å². The summed E-state index contributed by atoms with van der Waals surface area (Å²) in [6.45, 7) is 6.19. The van der Waals surface area contributed by atoms with E-state index in [2.05, 4.69) is 28.2 Å². The van der Waals surface area contributed by atoms with E-state index in [1.54, 1.807) is 6.92 Å². The number of pyridine rings is 1. The quantitative estimate of drug-likeness (QED) is 0.341. The Kier molecular flexibility index (Phi) is 5.19. The molecule has 0 amide bonds. The Morgan fingerprint density at radius 2 is 2.07 bits per heavy atom. The Hall–Kier alpha value is -2.65. The Balaban J connectivity index is 1.76. The molecule has 144 valence electrons. The Morgan fingerprint density at radius 1 is 1.29 bits per heavy atom. The maximum atomic E-state index is 11.5. The molecule has 0 fully saturated rings. The number of fused-ring (bicyclic) bond motifs is 1. The fourth-order valence-corrected chi connectivity index (χ4v) is 4.76. The topological polar surface area (TPSA) is 83.0 Å². The Labute approximate surface area is 169 Å². The number of ether oxygens (including phenoxy) is 1. The zero-order valence-electron chi connectivity index (χ0n) is 15.6. The molecule has 0 spiro atoms. The van der Waals surface area contributed by atoms with Crippen LogP contribution in [0.1, 0.15) is 18.2 Å². The first-order chi connectivity index (χ1) is 13.6. The van der Waals surface area contributed by atoms with E-state index in [0.29, 0.717) is 17.7 Å². The van der Waals surface area contributed by atoms with E-state index in [9.17, 15) is 4.79 Å². The fourth-order valence-electron chi connectivity index (χ4n) is 2.98. The number of aromatic nitrogens is 4. The lowest BCUT2D eigenvalue weighted by Crippen LogP contribution is -2.06. The summed E-state index contributed by atoms with van der Waals surface area (Å²) in [5.41, 5.74) is 3.08. The molecule has 0 N–H and O–H groups in total. The molecule has 0 atom stereocenters. The van der Waals surface area contributed by atoms with Crippen molar-refractivity contribution in [2.24, 2.45) is 0 Å². The van der Waals surface area contributed by atoms with Crippen molar-refractivity contribution in [2.45, 2.75) is 26.0 Å². The van der Waals surface area contributed by atoms with Gasteiger partial charge in [0.2, 0.25) is 0 Å². The van der Waals surface area contributed by atoms with Crippen molar-refractivity contribution in [2.75, 3.05) is 12.4 Å². The van der Waals surface area contributed by atoms with Crippen molar-refractivity contribution < 1.29 is 13.9 Å². The van der Waals surface area contributed by atoms with Crippen LogP contribution in [0.4, 0.5) is 0 Å². The van der Waals surface area contributed by atoms with E-state index < -0.39 is 0 Å². The molecule has 9 heteroatoms. The Bertz CT molecular complexity index is 1130. The monoisotopic (exact) mass is 414 g/mol. The molecule has 0 aromatic carbocycles. The highest BCUT2D eigenvalue weighted by Crippen LogP contribution is 2.42. The second-order valence-corrected chi connectivity index (χ2v) is 8.02. The molecule has 0 saturated carbocycles. The van der Waals surface area contributed by atoms with Gasteiger partial charge in [-0.15, -0.1) is 21.5 Å². The smallest absolute Gasteiger partial charge is 0.316 e. The van der Waals surface area contributed by atoms with Crippen LogP contribution < -0.4 is 0 Å². The average molecular weight is 415 g/mol. The van der Waals surface area contributed by atoms with E-state index >= 15 is 0 Å². The molecule has 4 aromatic heterocycles. The predicted octanol–water partition coefficient (Wildman–Crippen LogP) is 4.41. The second-order valence-electron chi connectivity index (χ2n) is 6.10. The van der Waals surface area contributed by atoms with Crippen LogP contribution in [0.5, 0.6) is 0 Å². The fraction of sp³-hybridized carbons (Fsp3) is 0.263. The lowest BCUT2D eigenvalue weighted by Gasteiger charge is -2.06. The molecule has 4 rings (SSSR count). The summed E-state index contributed by atoms with van der Waals surface area (Å²) in [6, 6.07) is 6.01. The molecule has 4 aromatic rings. The zero-order valence-corrected chi connectivity index (χ0v) is 17.3.